The third-order valence-corrected chi connectivity index (χ3v) is 5.10. The molecule has 0 atom stereocenters. The molecular weight excluding hydrogens is 418 g/mol. The topological polar surface area (TPSA) is 61.9 Å². The first-order chi connectivity index (χ1) is 15.4. The average molecular weight is 438 g/mol. The Morgan fingerprint density at radius 1 is 1.06 bits per heavy atom. The molecule has 0 spiro atoms. The second-order valence-electron chi connectivity index (χ2n) is 7.07. The van der Waals surface area contributed by atoms with Gasteiger partial charge in [-0.2, -0.15) is 0 Å². The zero-order valence-corrected chi connectivity index (χ0v) is 17.5. The van der Waals surface area contributed by atoms with Crippen molar-refractivity contribution in [3.63, 3.8) is 0 Å². The van der Waals surface area contributed by atoms with Gasteiger partial charge < -0.3 is 14.0 Å². The molecule has 0 aliphatic carbocycles. The summed E-state index contributed by atoms with van der Waals surface area (Å²) in [5.74, 6) is -1.48. The number of esters is 1. The van der Waals surface area contributed by atoms with E-state index in [1.54, 1.807) is 49.4 Å². The highest BCUT2D eigenvalue weighted by Gasteiger charge is 2.23. The van der Waals surface area contributed by atoms with Crippen LogP contribution in [0.25, 0.3) is 16.8 Å². The minimum Gasteiger partial charge on any atom is -0.497 e. The summed E-state index contributed by atoms with van der Waals surface area (Å²) in [6.45, 7) is 1.59. The molecular formula is C24H20F2N2O4. The molecule has 4 rings (SSSR count). The number of carbonyl (C=O) groups excluding carboxylic acids is 1. The quantitative estimate of drug-likeness (QED) is 0.422. The molecule has 0 aliphatic heterocycles. The molecule has 2 aromatic heterocycles. The predicted octanol–water partition coefficient (Wildman–Crippen LogP) is 4.28. The van der Waals surface area contributed by atoms with E-state index in [4.69, 9.17) is 9.47 Å². The molecule has 4 aromatic rings. The fourth-order valence-corrected chi connectivity index (χ4v) is 3.57. The van der Waals surface area contributed by atoms with E-state index in [1.165, 1.54) is 30.1 Å². The fourth-order valence-electron chi connectivity index (χ4n) is 3.57. The molecule has 2 aromatic carbocycles. The van der Waals surface area contributed by atoms with Crippen LogP contribution in [0.3, 0.4) is 0 Å². The van der Waals surface area contributed by atoms with E-state index >= 15 is 4.39 Å². The van der Waals surface area contributed by atoms with Crippen LogP contribution in [0.1, 0.15) is 22.8 Å². The Bertz CT molecular complexity index is 1370. The van der Waals surface area contributed by atoms with E-state index in [0.717, 1.165) is 4.40 Å². The van der Waals surface area contributed by atoms with Crippen molar-refractivity contribution in [1.29, 1.82) is 0 Å². The van der Waals surface area contributed by atoms with Gasteiger partial charge >= 0.3 is 5.97 Å². The van der Waals surface area contributed by atoms with Gasteiger partial charge in [0.1, 0.15) is 17.1 Å². The van der Waals surface area contributed by atoms with Gasteiger partial charge in [0.2, 0.25) is 0 Å². The van der Waals surface area contributed by atoms with E-state index in [-0.39, 0.29) is 35.5 Å². The summed E-state index contributed by atoms with van der Waals surface area (Å²) >= 11 is 0. The largest absolute Gasteiger partial charge is 0.497 e. The van der Waals surface area contributed by atoms with Crippen LogP contribution < -0.4 is 10.3 Å². The molecule has 0 amide bonds. The van der Waals surface area contributed by atoms with Crippen LogP contribution in [0.2, 0.25) is 0 Å². The van der Waals surface area contributed by atoms with Crippen LogP contribution in [-0.4, -0.2) is 28.7 Å². The summed E-state index contributed by atoms with van der Waals surface area (Å²) in [5.41, 5.74) is -0.191. The molecule has 2 heterocycles. The summed E-state index contributed by atoms with van der Waals surface area (Å²) in [5, 5.41) is 0. The lowest BCUT2D eigenvalue weighted by Crippen LogP contribution is -2.26. The van der Waals surface area contributed by atoms with Crippen LogP contribution in [0.15, 0.2) is 65.7 Å². The van der Waals surface area contributed by atoms with Gasteiger partial charge in [-0.05, 0) is 30.7 Å². The van der Waals surface area contributed by atoms with Crippen molar-refractivity contribution in [3.05, 3.63) is 94.0 Å². The van der Waals surface area contributed by atoms with Crippen molar-refractivity contribution >= 4 is 11.6 Å². The first-order valence-corrected chi connectivity index (χ1v) is 9.93. The van der Waals surface area contributed by atoms with Gasteiger partial charge in [0, 0.05) is 23.5 Å². The summed E-state index contributed by atoms with van der Waals surface area (Å²) in [6.07, 6.45) is 2.53. The zero-order chi connectivity index (χ0) is 22.8. The van der Waals surface area contributed by atoms with Crippen molar-refractivity contribution in [2.45, 2.75) is 13.5 Å². The van der Waals surface area contributed by atoms with Gasteiger partial charge in [0.25, 0.3) is 5.56 Å². The number of hydrogen-bond donors (Lipinski definition) is 0. The summed E-state index contributed by atoms with van der Waals surface area (Å²) < 4.78 is 42.5. The van der Waals surface area contributed by atoms with E-state index in [1.807, 2.05) is 0 Å². The number of hydrogen-bond acceptors (Lipinski definition) is 4. The number of ether oxygens (including phenoxy) is 2. The zero-order valence-electron chi connectivity index (χ0n) is 17.5. The molecule has 0 fully saturated rings. The van der Waals surface area contributed by atoms with Crippen molar-refractivity contribution in [2.24, 2.45) is 0 Å². The maximum atomic E-state index is 15.6. The van der Waals surface area contributed by atoms with Crippen molar-refractivity contribution in [3.8, 4) is 16.9 Å². The van der Waals surface area contributed by atoms with Gasteiger partial charge in [-0.1, -0.05) is 30.3 Å². The first-order valence-electron chi connectivity index (χ1n) is 9.93. The number of benzene rings is 2. The van der Waals surface area contributed by atoms with Crippen molar-refractivity contribution in [1.82, 2.24) is 8.97 Å². The van der Waals surface area contributed by atoms with Gasteiger partial charge in [0.05, 0.1) is 20.3 Å². The maximum Gasteiger partial charge on any atom is 0.345 e. The molecule has 0 saturated carbocycles. The van der Waals surface area contributed by atoms with E-state index in [0.29, 0.717) is 11.3 Å². The fraction of sp³-hybridized carbons (Fsp3) is 0.167. The number of methoxy groups -OCH3 is 1. The minimum absolute atomic E-state index is 0.0682. The minimum atomic E-state index is -0.835. The Kier molecular flexibility index (Phi) is 5.77. The van der Waals surface area contributed by atoms with Crippen molar-refractivity contribution < 1.29 is 23.0 Å². The monoisotopic (exact) mass is 438 g/mol. The molecule has 0 unspecified atom stereocenters. The number of nitrogens with zero attached hydrogens (tertiary/aromatic N) is 2. The normalized spacial score (nSPS) is 11.0. The number of fused-ring (bicyclic) bond motifs is 1. The third-order valence-electron chi connectivity index (χ3n) is 5.10. The Labute approximate surface area is 182 Å². The molecule has 0 N–H and O–H groups in total. The molecule has 164 valence electrons. The van der Waals surface area contributed by atoms with Gasteiger partial charge in [0.15, 0.2) is 11.5 Å². The second-order valence-corrected chi connectivity index (χ2v) is 7.07. The highest BCUT2D eigenvalue weighted by molar-refractivity contribution is 5.89. The standard InChI is InChI=1S/C24H20F2N2O4/c1-3-32-24(30)19-13-27(12-16-7-4-5-10-20(16)25)22-21(26)18(14-28(22)23(19)29)15-8-6-9-17(11-15)31-2/h4-11,13-14H,3,12H2,1-2H3. The van der Waals surface area contributed by atoms with Gasteiger partial charge in [-0.15, -0.1) is 0 Å². The predicted molar refractivity (Wildman–Crippen MR) is 115 cm³/mol. The highest BCUT2D eigenvalue weighted by atomic mass is 19.1. The van der Waals surface area contributed by atoms with Crippen LogP contribution >= 0.6 is 0 Å². The summed E-state index contributed by atoms with van der Waals surface area (Å²) in [4.78, 5) is 25.4. The molecule has 0 bridgehead atoms. The Balaban J connectivity index is 1.98. The Hall–Kier alpha value is -3.94. The number of aromatic nitrogens is 2. The Morgan fingerprint density at radius 2 is 1.84 bits per heavy atom. The SMILES string of the molecule is CCOC(=O)c1cn(Cc2ccccc2F)c2c(F)c(-c3cccc(OC)c3)cn2c1=O. The third kappa shape index (κ3) is 3.75. The molecule has 0 aliphatic rings. The smallest absolute Gasteiger partial charge is 0.345 e. The van der Waals surface area contributed by atoms with Crippen LogP contribution in [0.4, 0.5) is 8.78 Å². The summed E-state index contributed by atoms with van der Waals surface area (Å²) in [6, 6.07) is 12.8. The van der Waals surface area contributed by atoms with E-state index < -0.39 is 23.2 Å². The summed E-state index contributed by atoms with van der Waals surface area (Å²) in [7, 11) is 1.50. The molecule has 8 heteroatoms. The molecule has 6 nitrogen and oxygen atoms in total. The lowest BCUT2D eigenvalue weighted by atomic mass is 10.1. The molecule has 0 saturated heterocycles. The van der Waals surface area contributed by atoms with Crippen LogP contribution in [0, 0.1) is 11.6 Å². The average Bonchev–Trinajstić information content (AvgIpc) is 3.15. The maximum absolute atomic E-state index is 15.6. The van der Waals surface area contributed by atoms with Crippen LogP contribution in [0.5, 0.6) is 5.75 Å². The number of rotatable bonds is 6. The van der Waals surface area contributed by atoms with E-state index in [2.05, 4.69) is 0 Å². The number of carbonyl (C=O) groups is 1. The van der Waals surface area contributed by atoms with E-state index in [9.17, 15) is 14.0 Å². The van der Waals surface area contributed by atoms with Crippen molar-refractivity contribution in [2.75, 3.05) is 13.7 Å². The molecule has 0 radical (unpaired) electrons. The molecule has 32 heavy (non-hydrogen) atoms. The second kappa shape index (κ2) is 8.66. The number of halogens is 2. The highest BCUT2D eigenvalue weighted by Crippen LogP contribution is 2.29. The lowest BCUT2D eigenvalue weighted by Gasteiger charge is -2.12. The Morgan fingerprint density at radius 3 is 2.56 bits per heavy atom. The van der Waals surface area contributed by atoms with Gasteiger partial charge in [-0.25, -0.2) is 13.6 Å². The first kappa shape index (κ1) is 21.3. The van der Waals surface area contributed by atoms with Crippen LogP contribution in [-0.2, 0) is 11.3 Å². The van der Waals surface area contributed by atoms with Gasteiger partial charge in [-0.3, -0.25) is 9.20 Å². The lowest BCUT2D eigenvalue weighted by molar-refractivity contribution is 0.0523.